The summed E-state index contributed by atoms with van der Waals surface area (Å²) in [5.41, 5.74) is -0.611. The highest BCUT2D eigenvalue weighted by atomic mass is 32.2. The zero-order chi connectivity index (χ0) is 15.3. The third kappa shape index (κ3) is 4.74. The van der Waals surface area contributed by atoms with Crippen LogP contribution in [0.25, 0.3) is 0 Å². The van der Waals surface area contributed by atoms with Crippen molar-refractivity contribution in [1.29, 1.82) is 0 Å². The lowest BCUT2D eigenvalue weighted by Gasteiger charge is -2.35. The molecule has 0 radical (unpaired) electrons. The Morgan fingerprint density at radius 3 is 2.71 bits per heavy atom. The van der Waals surface area contributed by atoms with Gasteiger partial charge in [0.05, 0.1) is 5.60 Å². The minimum Gasteiger partial charge on any atom is -0.388 e. The standard InChI is InChI=1S/C15H26N4OS/c1-4-16-12-8-13(19-14(18-12)21-3)17-10-15(20)7-5-6-11(2)9-15/h8,11,20H,4-7,9-10H2,1-3H3,(H2,16,17,18,19). The van der Waals surface area contributed by atoms with Crippen LogP contribution in [0.4, 0.5) is 11.6 Å². The number of aliphatic hydroxyl groups is 1. The highest BCUT2D eigenvalue weighted by Crippen LogP contribution is 2.32. The first-order valence-electron chi connectivity index (χ1n) is 7.68. The van der Waals surface area contributed by atoms with Crippen molar-refractivity contribution in [2.24, 2.45) is 5.92 Å². The molecule has 1 aromatic heterocycles. The third-order valence-electron chi connectivity index (χ3n) is 3.91. The molecule has 2 unspecified atom stereocenters. The fraction of sp³-hybridized carbons (Fsp3) is 0.733. The van der Waals surface area contributed by atoms with Crippen LogP contribution in [0.1, 0.15) is 39.5 Å². The molecule has 1 aliphatic rings. The lowest BCUT2D eigenvalue weighted by molar-refractivity contribution is -0.000836. The minimum absolute atomic E-state index is 0.549. The van der Waals surface area contributed by atoms with Crippen LogP contribution in [0.15, 0.2) is 11.2 Å². The summed E-state index contributed by atoms with van der Waals surface area (Å²) in [6.07, 6.45) is 6.01. The average Bonchev–Trinajstić information content (AvgIpc) is 2.45. The molecule has 1 heterocycles. The van der Waals surface area contributed by atoms with E-state index < -0.39 is 5.60 Å². The maximum Gasteiger partial charge on any atom is 0.191 e. The van der Waals surface area contributed by atoms with E-state index in [9.17, 15) is 5.11 Å². The number of hydrogen-bond acceptors (Lipinski definition) is 6. The molecule has 1 saturated carbocycles. The summed E-state index contributed by atoms with van der Waals surface area (Å²) in [5.74, 6) is 2.19. The van der Waals surface area contributed by atoms with Gasteiger partial charge in [0.25, 0.3) is 0 Å². The van der Waals surface area contributed by atoms with Crippen LogP contribution in [0, 0.1) is 5.92 Å². The lowest BCUT2D eigenvalue weighted by atomic mass is 9.79. The molecule has 0 amide bonds. The molecule has 0 aromatic carbocycles. The monoisotopic (exact) mass is 310 g/mol. The summed E-state index contributed by atoms with van der Waals surface area (Å²) in [4.78, 5) is 8.86. The molecule has 1 aliphatic carbocycles. The van der Waals surface area contributed by atoms with Crippen LogP contribution < -0.4 is 10.6 Å². The summed E-state index contributed by atoms with van der Waals surface area (Å²) in [6, 6.07) is 1.90. The third-order valence-corrected chi connectivity index (χ3v) is 4.46. The largest absolute Gasteiger partial charge is 0.388 e. The highest BCUT2D eigenvalue weighted by molar-refractivity contribution is 7.98. The number of anilines is 2. The number of nitrogens with one attached hydrogen (secondary N) is 2. The molecule has 3 N–H and O–H groups in total. The van der Waals surface area contributed by atoms with Crippen molar-refractivity contribution in [3.63, 3.8) is 0 Å². The van der Waals surface area contributed by atoms with E-state index in [0.29, 0.717) is 12.5 Å². The second kappa shape index (κ2) is 7.31. The smallest absolute Gasteiger partial charge is 0.191 e. The maximum atomic E-state index is 10.7. The van der Waals surface area contributed by atoms with Gasteiger partial charge in [-0.1, -0.05) is 31.5 Å². The molecular weight excluding hydrogens is 284 g/mol. The number of rotatable bonds is 6. The van der Waals surface area contributed by atoms with E-state index in [1.807, 2.05) is 19.2 Å². The average molecular weight is 310 g/mol. The number of thioether (sulfide) groups is 1. The fourth-order valence-electron chi connectivity index (χ4n) is 2.93. The number of hydrogen-bond donors (Lipinski definition) is 3. The van der Waals surface area contributed by atoms with Gasteiger partial charge >= 0.3 is 0 Å². The highest BCUT2D eigenvalue weighted by Gasteiger charge is 2.32. The van der Waals surface area contributed by atoms with E-state index in [0.717, 1.165) is 42.6 Å². The number of nitrogens with zero attached hydrogens (tertiary/aromatic N) is 2. The van der Waals surface area contributed by atoms with Gasteiger partial charge in [0, 0.05) is 19.2 Å². The van der Waals surface area contributed by atoms with E-state index in [1.54, 1.807) is 0 Å². The molecule has 0 saturated heterocycles. The quantitative estimate of drug-likeness (QED) is 0.554. The van der Waals surface area contributed by atoms with Crippen LogP contribution in [0.2, 0.25) is 0 Å². The minimum atomic E-state index is -0.611. The van der Waals surface area contributed by atoms with Crippen molar-refractivity contribution < 1.29 is 5.11 Å². The van der Waals surface area contributed by atoms with E-state index in [1.165, 1.54) is 18.2 Å². The molecule has 21 heavy (non-hydrogen) atoms. The normalized spacial score (nSPS) is 25.6. The Balaban J connectivity index is 2.03. The predicted molar refractivity (Wildman–Crippen MR) is 89.0 cm³/mol. The van der Waals surface area contributed by atoms with Gasteiger partial charge in [-0.15, -0.1) is 0 Å². The van der Waals surface area contributed by atoms with Crippen molar-refractivity contribution in [3.05, 3.63) is 6.07 Å². The van der Waals surface area contributed by atoms with Gasteiger partial charge in [-0.3, -0.25) is 0 Å². The van der Waals surface area contributed by atoms with Crippen molar-refractivity contribution >= 4 is 23.4 Å². The van der Waals surface area contributed by atoms with Crippen molar-refractivity contribution in [2.45, 2.75) is 50.3 Å². The second-order valence-corrected chi connectivity index (χ2v) is 6.71. The summed E-state index contributed by atoms with van der Waals surface area (Å²) in [6.45, 7) is 5.63. The van der Waals surface area contributed by atoms with E-state index >= 15 is 0 Å². The predicted octanol–water partition coefficient (Wildman–Crippen LogP) is 2.98. The first-order chi connectivity index (χ1) is 10.0. The zero-order valence-corrected chi connectivity index (χ0v) is 14.0. The molecular formula is C15H26N4OS. The first kappa shape index (κ1) is 16.4. The second-order valence-electron chi connectivity index (χ2n) is 5.93. The van der Waals surface area contributed by atoms with E-state index in [4.69, 9.17) is 0 Å². The van der Waals surface area contributed by atoms with Gasteiger partial charge in [0.15, 0.2) is 5.16 Å². The van der Waals surface area contributed by atoms with Crippen LogP contribution in [0.3, 0.4) is 0 Å². The lowest BCUT2D eigenvalue weighted by Crippen LogP contribution is -2.41. The molecule has 1 fully saturated rings. The van der Waals surface area contributed by atoms with Gasteiger partial charge in [-0.25, -0.2) is 9.97 Å². The van der Waals surface area contributed by atoms with Crippen LogP contribution in [0.5, 0.6) is 0 Å². The molecule has 2 rings (SSSR count). The van der Waals surface area contributed by atoms with Crippen molar-refractivity contribution in [2.75, 3.05) is 30.0 Å². The number of aromatic nitrogens is 2. The Morgan fingerprint density at radius 2 is 2.10 bits per heavy atom. The Bertz CT molecular complexity index is 471. The molecule has 1 aromatic rings. The molecule has 118 valence electrons. The molecule has 0 aliphatic heterocycles. The van der Waals surface area contributed by atoms with Crippen LogP contribution in [-0.4, -0.2) is 40.0 Å². The topological polar surface area (TPSA) is 70.1 Å². The fourth-order valence-corrected chi connectivity index (χ4v) is 3.31. The Hall–Kier alpha value is -1.01. The molecule has 5 nitrogen and oxygen atoms in total. The van der Waals surface area contributed by atoms with E-state index in [-0.39, 0.29) is 0 Å². The summed E-state index contributed by atoms with van der Waals surface area (Å²) in [7, 11) is 0. The Labute approximate surface area is 131 Å². The van der Waals surface area contributed by atoms with E-state index in [2.05, 4.69) is 27.5 Å². The van der Waals surface area contributed by atoms with Gasteiger partial charge in [-0.05, 0) is 31.9 Å². The summed E-state index contributed by atoms with van der Waals surface area (Å²) in [5, 5.41) is 17.9. The Kier molecular flexibility index (Phi) is 5.70. The molecule has 0 spiro atoms. The summed E-state index contributed by atoms with van der Waals surface area (Å²) >= 11 is 1.52. The maximum absolute atomic E-state index is 10.7. The van der Waals surface area contributed by atoms with Gasteiger partial charge < -0.3 is 15.7 Å². The van der Waals surface area contributed by atoms with Gasteiger partial charge in [-0.2, -0.15) is 0 Å². The van der Waals surface area contributed by atoms with Crippen molar-refractivity contribution in [3.8, 4) is 0 Å². The molecule has 6 heteroatoms. The Morgan fingerprint density at radius 1 is 1.38 bits per heavy atom. The zero-order valence-electron chi connectivity index (χ0n) is 13.1. The first-order valence-corrected chi connectivity index (χ1v) is 8.90. The van der Waals surface area contributed by atoms with Crippen molar-refractivity contribution in [1.82, 2.24) is 9.97 Å². The van der Waals surface area contributed by atoms with Gasteiger partial charge in [0.2, 0.25) is 0 Å². The van der Waals surface area contributed by atoms with Crippen LogP contribution >= 0.6 is 11.8 Å². The molecule has 2 atom stereocenters. The SMILES string of the molecule is CCNc1cc(NCC2(O)CCCC(C)C2)nc(SC)n1. The van der Waals surface area contributed by atoms with Crippen LogP contribution in [-0.2, 0) is 0 Å². The molecule has 0 bridgehead atoms. The van der Waals surface area contributed by atoms with Gasteiger partial charge in [0.1, 0.15) is 11.6 Å². The summed E-state index contributed by atoms with van der Waals surface area (Å²) < 4.78 is 0.